The SMILES string of the molecule is Cn1cc(-c2ccnc(Nc3ccc(OC(F)(F)F)cc3)c2C(=N)C2CN(C(=O)OC(C)(C)C)C2)cn1. The number of nitrogens with zero attached hydrogens (tertiary/aromatic N) is 4. The molecule has 12 heteroatoms. The van der Waals surface area contributed by atoms with E-state index in [1.807, 2.05) is 6.20 Å². The van der Waals surface area contributed by atoms with Crippen LogP contribution in [-0.4, -0.2) is 56.5 Å². The molecule has 0 radical (unpaired) electrons. The number of amides is 1. The number of halogens is 3. The maximum absolute atomic E-state index is 12.5. The average Bonchev–Trinajstić information content (AvgIpc) is 3.17. The third kappa shape index (κ3) is 6.38. The summed E-state index contributed by atoms with van der Waals surface area (Å²) in [6.07, 6.45) is -0.155. The van der Waals surface area contributed by atoms with Crippen molar-refractivity contribution in [1.82, 2.24) is 19.7 Å². The molecule has 9 nitrogen and oxygen atoms in total. The maximum atomic E-state index is 12.5. The molecule has 2 aromatic heterocycles. The van der Waals surface area contributed by atoms with Crippen molar-refractivity contribution in [2.75, 3.05) is 18.4 Å². The van der Waals surface area contributed by atoms with Crippen molar-refractivity contribution in [3.8, 4) is 16.9 Å². The van der Waals surface area contributed by atoms with Gasteiger partial charge in [0.2, 0.25) is 0 Å². The molecule has 0 aliphatic carbocycles. The summed E-state index contributed by atoms with van der Waals surface area (Å²) in [6, 6.07) is 7.02. The number of ether oxygens (including phenoxy) is 2. The molecule has 0 bridgehead atoms. The van der Waals surface area contributed by atoms with Gasteiger partial charge in [0.25, 0.3) is 0 Å². The zero-order valence-electron chi connectivity index (χ0n) is 20.8. The quantitative estimate of drug-likeness (QED) is 0.428. The first-order valence-electron chi connectivity index (χ1n) is 11.5. The largest absolute Gasteiger partial charge is 0.573 e. The lowest BCUT2D eigenvalue weighted by Crippen LogP contribution is -2.54. The zero-order valence-corrected chi connectivity index (χ0v) is 20.8. The molecule has 0 spiro atoms. The van der Waals surface area contributed by atoms with Crippen LogP contribution in [0.4, 0.5) is 29.5 Å². The van der Waals surface area contributed by atoms with Crippen molar-refractivity contribution in [3.63, 3.8) is 0 Å². The van der Waals surface area contributed by atoms with E-state index in [0.29, 0.717) is 35.7 Å². The fraction of sp³-hybridized carbons (Fsp3) is 0.360. The van der Waals surface area contributed by atoms with Crippen molar-refractivity contribution >= 4 is 23.3 Å². The molecule has 1 aliphatic heterocycles. The van der Waals surface area contributed by atoms with E-state index in [0.717, 1.165) is 5.56 Å². The molecular weight excluding hydrogens is 489 g/mol. The second-order valence-electron chi connectivity index (χ2n) is 9.68. The van der Waals surface area contributed by atoms with Gasteiger partial charge in [-0.3, -0.25) is 4.68 Å². The van der Waals surface area contributed by atoms with Crippen LogP contribution in [-0.2, 0) is 11.8 Å². The van der Waals surface area contributed by atoms with Gasteiger partial charge in [0.1, 0.15) is 17.2 Å². The fourth-order valence-electron chi connectivity index (χ4n) is 3.85. The molecule has 1 amide bonds. The van der Waals surface area contributed by atoms with Gasteiger partial charge < -0.3 is 25.1 Å². The summed E-state index contributed by atoms with van der Waals surface area (Å²) < 4.78 is 48.5. The number of carbonyl (C=O) groups is 1. The average molecular weight is 517 g/mol. The number of aromatic nitrogens is 3. The van der Waals surface area contributed by atoms with Crippen LogP contribution < -0.4 is 10.1 Å². The number of aryl methyl sites for hydroxylation is 1. The third-order valence-electron chi connectivity index (χ3n) is 5.53. The van der Waals surface area contributed by atoms with Gasteiger partial charge in [-0.2, -0.15) is 5.10 Å². The van der Waals surface area contributed by atoms with Crippen LogP contribution in [0.5, 0.6) is 5.75 Å². The van der Waals surface area contributed by atoms with E-state index in [4.69, 9.17) is 10.1 Å². The van der Waals surface area contributed by atoms with Gasteiger partial charge >= 0.3 is 12.5 Å². The summed E-state index contributed by atoms with van der Waals surface area (Å²) in [5.74, 6) is -0.249. The highest BCUT2D eigenvalue weighted by Gasteiger charge is 2.38. The Bertz CT molecular complexity index is 1290. The zero-order chi connectivity index (χ0) is 27.0. The number of pyridine rings is 1. The Kier molecular flexibility index (Phi) is 6.85. The van der Waals surface area contributed by atoms with Crippen LogP contribution in [0, 0.1) is 11.3 Å². The molecule has 0 atom stereocenters. The van der Waals surface area contributed by atoms with Gasteiger partial charge in [0, 0.05) is 61.0 Å². The van der Waals surface area contributed by atoms with E-state index in [-0.39, 0.29) is 17.4 Å². The van der Waals surface area contributed by atoms with Gasteiger partial charge in [0.15, 0.2) is 0 Å². The summed E-state index contributed by atoms with van der Waals surface area (Å²) in [5.41, 5.74) is 2.10. The van der Waals surface area contributed by atoms with Crippen LogP contribution in [0.1, 0.15) is 26.3 Å². The standard InChI is InChI=1S/C25H27F3N6O3/c1-24(2,3)37-23(35)34-13-16(14-34)21(29)20-19(15-11-31-33(4)12-15)9-10-30-22(20)32-17-5-7-18(8-6-17)36-25(26,27)28/h5-12,16,29H,13-14H2,1-4H3,(H,30,32). The van der Waals surface area contributed by atoms with E-state index < -0.39 is 18.1 Å². The second kappa shape index (κ2) is 9.75. The molecule has 0 unspecified atom stereocenters. The summed E-state index contributed by atoms with van der Waals surface area (Å²) in [4.78, 5) is 18.3. The van der Waals surface area contributed by atoms with E-state index in [9.17, 15) is 18.0 Å². The van der Waals surface area contributed by atoms with Crippen molar-refractivity contribution in [3.05, 3.63) is 54.5 Å². The van der Waals surface area contributed by atoms with Gasteiger partial charge in [-0.15, -0.1) is 13.2 Å². The Labute approximate surface area is 211 Å². The molecule has 4 rings (SSSR count). The summed E-state index contributed by atoms with van der Waals surface area (Å²) >= 11 is 0. The Balaban J connectivity index is 1.60. The predicted molar refractivity (Wildman–Crippen MR) is 131 cm³/mol. The van der Waals surface area contributed by atoms with Crippen molar-refractivity contribution in [1.29, 1.82) is 5.41 Å². The number of benzene rings is 1. The number of nitrogens with one attached hydrogen (secondary N) is 2. The molecule has 2 N–H and O–H groups in total. The normalized spacial score (nSPS) is 14.2. The minimum atomic E-state index is -4.78. The first kappa shape index (κ1) is 26.0. The molecule has 1 aliphatic rings. The second-order valence-corrected chi connectivity index (χ2v) is 9.68. The topological polar surface area (TPSA) is 105 Å². The number of rotatable bonds is 6. The lowest BCUT2D eigenvalue weighted by Gasteiger charge is -2.40. The molecule has 1 saturated heterocycles. The van der Waals surface area contributed by atoms with Gasteiger partial charge in [-0.1, -0.05) is 0 Å². The Hall–Kier alpha value is -4.09. The molecule has 3 aromatic rings. The van der Waals surface area contributed by atoms with Crippen LogP contribution in [0.2, 0.25) is 0 Å². The number of carbonyl (C=O) groups excluding carboxylic acids is 1. The van der Waals surface area contributed by atoms with Gasteiger partial charge in [-0.25, -0.2) is 9.78 Å². The number of alkyl halides is 3. The number of anilines is 2. The van der Waals surface area contributed by atoms with E-state index in [1.54, 1.807) is 51.0 Å². The summed E-state index contributed by atoms with van der Waals surface area (Å²) in [6.45, 7) is 6.01. The minimum Gasteiger partial charge on any atom is -0.444 e. The van der Waals surface area contributed by atoms with E-state index in [2.05, 4.69) is 20.1 Å². The van der Waals surface area contributed by atoms with Crippen LogP contribution in [0.3, 0.4) is 0 Å². The van der Waals surface area contributed by atoms with Crippen molar-refractivity contribution < 1.29 is 27.4 Å². The summed E-state index contributed by atoms with van der Waals surface area (Å²) in [7, 11) is 1.78. The molecule has 1 fully saturated rings. The Morgan fingerprint density at radius 3 is 2.38 bits per heavy atom. The van der Waals surface area contributed by atoms with Gasteiger partial charge in [0.05, 0.1) is 6.20 Å². The van der Waals surface area contributed by atoms with E-state index in [1.165, 1.54) is 29.2 Å². The maximum Gasteiger partial charge on any atom is 0.573 e. The molecule has 3 heterocycles. The van der Waals surface area contributed by atoms with Crippen LogP contribution in [0.25, 0.3) is 11.1 Å². The predicted octanol–water partition coefficient (Wildman–Crippen LogP) is 5.36. The Morgan fingerprint density at radius 2 is 1.81 bits per heavy atom. The lowest BCUT2D eigenvalue weighted by molar-refractivity contribution is -0.274. The number of hydrogen-bond acceptors (Lipinski definition) is 7. The first-order chi connectivity index (χ1) is 17.3. The monoisotopic (exact) mass is 516 g/mol. The van der Waals surface area contributed by atoms with Crippen LogP contribution >= 0.6 is 0 Å². The third-order valence-corrected chi connectivity index (χ3v) is 5.53. The molecule has 196 valence electrons. The van der Waals surface area contributed by atoms with E-state index >= 15 is 0 Å². The fourth-order valence-corrected chi connectivity index (χ4v) is 3.85. The lowest BCUT2D eigenvalue weighted by atomic mass is 9.87. The van der Waals surface area contributed by atoms with Gasteiger partial charge in [-0.05, 0) is 56.7 Å². The van der Waals surface area contributed by atoms with Crippen molar-refractivity contribution in [2.45, 2.75) is 32.7 Å². The Morgan fingerprint density at radius 1 is 1.14 bits per heavy atom. The highest BCUT2D eigenvalue weighted by atomic mass is 19.4. The number of likely N-dealkylation sites (tertiary alicyclic amines) is 1. The van der Waals surface area contributed by atoms with Crippen molar-refractivity contribution in [2.24, 2.45) is 13.0 Å². The smallest absolute Gasteiger partial charge is 0.444 e. The molecular formula is C25H27F3N6O3. The molecule has 0 saturated carbocycles. The first-order valence-corrected chi connectivity index (χ1v) is 11.5. The van der Waals surface area contributed by atoms with Crippen LogP contribution in [0.15, 0.2) is 48.9 Å². The molecule has 1 aromatic carbocycles. The summed E-state index contributed by atoms with van der Waals surface area (Å²) in [5, 5.41) is 16.3. The highest BCUT2D eigenvalue weighted by Crippen LogP contribution is 2.34. The molecule has 37 heavy (non-hydrogen) atoms. The highest BCUT2D eigenvalue weighted by molar-refractivity contribution is 6.10. The number of hydrogen-bond donors (Lipinski definition) is 2. The minimum absolute atomic E-state index is 0.254.